The fraction of sp³-hybridized carbons (Fsp3) is 0.355. The second-order valence-corrected chi connectivity index (χ2v) is 12.6. The van der Waals surface area contributed by atoms with Crippen LogP contribution >= 0.6 is 23.2 Å². The van der Waals surface area contributed by atoms with Gasteiger partial charge in [-0.25, -0.2) is 8.42 Å². The molecule has 0 fully saturated rings. The Hall–Kier alpha value is -3.47. The molecule has 2 atom stereocenters. The van der Waals surface area contributed by atoms with Gasteiger partial charge in [0.2, 0.25) is 11.8 Å². The largest absolute Gasteiger partial charge is 0.497 e. The number of nitrogens with one attached hydrogen (secondary N) is 1. The Labute approximate surface area is 263 Å². The maximum atomic E-state index is 14.3. The Morgan fingerprint density at radius 3 is 2.19 bits per heavy atom. The molecule has 0 aliphatic carbocycles. The third-order valence-electron chi connectivity index (χ3n) is 6.99. The van der Waals surface area contributed by atoms with Gasteiger partial charge in [-0.2, -0.15) is 0 Å². The van der Waals surface area contributed by atoms with Crippen molar-refractivity contribution in [1.82, 2.24) is 10.2 Å². The lowest BCUT2D eigenvalue weighted by molar-refractivity contribution is -0.140. The molecule has 9 nitrogen and oxygen atoms in total. The smallest absolute Gasteiger partial charge is 0.264 e. The summed E-state index contributed by atoms with van der Waals surface area (Å²) in [5.74, 6) is -0.377. The second-order valence-electron chi connectivity index (χ2n) is 9.87. The standard InChI is InChI=1S/C31H37Cl2N3O6S/c1-6-21(3)34-31(38)27(7-2)35(19-22-13-15-25(32)26(33)17-22)30(37)20-36(43(39,40)24-11-9-8-10-12-24)28-18-23(41-4)14-16-29(28)42-5/h8-18,21,27H,6-7,19-20H2,1-5H3,(H,34,38)/t21-,27+/m0/s1. The van der Waals surface area contributed by atoms with Gasteiger partial charge in [-0.3, -0.25) is 13.9 Å². The van der Waals surface area contributed by atoms with E-state index in [0.29, 0.717) is 22.8 Å². The molecule has 0 saturated heterocycles. The van der Waals surface area contributed by atoms with Gasteiger partial charge in [0.05, 0.1) is 34.8 Å². The number of anilines is 1. The van der Waals surface area contributed by atoms with Gasteiger partial charge < -0.3 is 19.7 Å². The van der Waals surface area contributed by atoms with Gasteiger partial charge in [0.25, 0.3) is 10.0 Å². The lowest BCUT2D eigenvalue weighted by Crippen LogP contribution is -2.53. The van der Waals surface area contributed by atoms with Crippen LogP contribution in [0, 0.1) is 0 Å². The number of amides is 2. The van der Waals surface area contributed by atoms with Gasteiger partial charge >= 0.3 is 0 Å². The van der Waals surface area contributed by atoms with Crippen LogP contribution in [0.1, 0.15) is 39.2 Å². The Bertz CT molecular complexity index is 1520. The number of hydrogen-bond acceptors (Lipinski definition) is 6. The molecule has 0 aliphatic heterocycles. The van der Waals surface area contributed by atoms with E-state index < -0.39 is 28.5 Å². The number of ether oxygens (including phenoxy) is 2. The first kappa shape index (κ1) is 34.0. The number of hydrogen-bond donors (Lipinski definition) is 1. The van der Waals surface area contributed by atoms with Gasteiger partial charge in [0.15, 0.2) is 0 Å². The van der Waals surface area contributed by atoms with E-state index in [1.165, 1.54) is 37.3 Å². The summed E-state index contributed by atoms with van der Waals surface area (Å²) in [6.45, 7) is 4.96. The summed E-state index contributed by atoms with van der Waals surface area (Å²) >= 11 is 12.4. The van der Waals surface area contributed by atoms with Crippen molar-refractivity contribution in [2.45, 2.75) is 57.1 Å². The Morgan fingerprint density at radius 1 is 0.907 bits per heavy atom. The first-order valence-electron chi connectivity index (χ1n) is 13.8. The molecule has 2 amide bonds. The highest BCUT2D eigenvalue weighted by atomic mass is 35.5. The number of sulfonamides is 1. The van der Waals surface area contributed by atoms with Gasteiger partial charge in [-0.1, -0.05) is 61.3 Å². The molecule has 0 aliphatic rings. The van der Waals surface area contributed by atoms with Crippen LogP contribution < -0.4 is 19.1 Å². The van der Waals surface area contributed by atoms with Crippen LogP contribution in [0.4, 0.5) is 5.69 Å². The SMILES string of the molecule is CC[C@H](C(=O)N[C@@H](C)CC)N(Cc1ccc(Cl)c(Cl)c1)C(=O)CN(c1cc(OC)ccc1OC)S(=O)(=O)c1ccccc1. The number of rotatable bonds is 14. The normalized spacial score (nSPS) is 12.6. The summed E-state index contributed by atoms with van der Waals surface area (Å²) in [6.07, 6.45) is 0.977. The van der Waals surface area contributed by atoms with Crippen molar-refractivity contribution >= 4 is 50.7 Å². The topological polar surface area (TPSA) is 105 Å². The van der Waals surface area contributed by atoms with Crippen molar-refractivity contribution in [1.29, 1.82) is 0 Å². The summed E-state index contributed by atoms with van der Waals surface area (Å²) in [5, 5.41) is 3.58. The third-order valence-corrected chi connectivity index (χ3v) is 9.50. The average molecular weight is 651 g/mol. The van der Waals surface area contributed by atoms with Crippen LogP contribution in [-0.4, -0.2) is 58.0 Å². The molecule has 3 aromatic carbocycles. The van der Waals surface area contributed by atoms with Crippen LogP contribution in [-0.2, 0) is 26.2 Å². The van der Waals surface area contributed by atoms with E-state index >= 15 is 0 Å². The van der Waals surface area contributed by atoms with Crippen molar-refractivity contribution in [3.8, 4) is 11.5 Å². The quantitative estimate of drug-likeness (QED) is 0.232. The third kappa shape index (κ3) is 8.34. The zero-order valence-electron chi connectivity index (χ0n) is 24.8. The molecular formula is C31H37Cl2N3O6S. The second kappa shape index (κ2) is 15.3. The summed E-state index contributed by atoms with van der Waals surface area (Å²) in [6, 6.07) is 16.4. The first-order valence-corrected chi connectivity index (χ1v) is 16.0. The van der Waals surface area contributed by atoms with Crippen molar-refractivity contribution < 1.29 is 27.5 Å². The van der Waals surface area contributed by atoms with Crippen LogP contribution in [0.2, 0.25) is 10.0 Å². The molecule has 0 saturated carbocycles. The van der Waals surface area contributed by atoms with E-state index in [1.807, 2.05) is 13.8 Å². The molecule has 0 aromatic heterocycles. The fourth-order valence-electron chi connectivity index (χ4n) is 4.42. The van der Waals surface area contributed by atoms with E-state index in [0.717, 1.165) is 4.31 Å². The predicted molar refractivity (Wildman–Crippen MR) is 170 cm³/mol. The van der Waals surface area contributed by atoms with Gasteiger partial charge in [-0.15, -0.1) is 0 Å². The van der Waals surface area contributed by atoms with E-state index in [1.54, 1.807) is 55.5 Å². The maximum Gasteiger partial charge on any atom is 0.264 e. The minimum atomic E-state index is -4.29. The summed E-state index contributed by atoms with van der Waals surface area (Å²) in [5.41, 5.74) is 0.722. The molecule has 0 radical (unpaired) electrons. The van der Waals surface area contributed by atoms with Crippen LogP contribution in [0.3, 0.4) is 0 Å². The summed E-state index contributed by atoms with van der Waals surface area (Å²) in [7, 11) is -1.43. The number of carbonyl (C=O) groups is 2. The molecule has 0 spiro atoms. The highest BCUT2D eigenvalue weighted by molar-refractivity contribution is 7.92. The highest BCUT2D eigenvalue weighted by Crippen LogP contribution is 2.36. The van der Waals surface area contributed by atoms with Crippen molar-refractivity contribution in [3.63, 3.8) is 0 Å². The number of benzene rings is 3. The van der Waals surface area contributed by atoms with Crippen molar-refractivity contribution in [3.05, 3.63) is 82.3 Å². The van der Waals surface area contributed by atoms with Crippen molar-refractivity contribution in [2.75, 3.05) is 25.1 Å². The maximum absolute atomic E-state index is 14.3. The van der Waals surface area contributed by atoms with Gasteiger partial charge in [-0.05, 0) is 61.7 Å². The van der Waals surface area contributed by atoms with Crippen LogP contribution in [0.5, 0.6) is 11.5 Å². The molecule has 0 bridgehead atoms. The molecule has 0 heterocycles. The average Bonchev–Trinajstić information content (AvgIpc) is 3.01. The molecular weight excluding hydrogens is 613 g/mol. The first-order chi connectivity index (χ1) is 20.5. The van der Waals surface area contributed by atoms with Gasteiger partial charge in [0, 0.05) is 18.7 Å². The van der Waals surface area contributed by atoms with E-state index in [4.69, 9.17) is 32.7 Å². The molecule has 3 aromatic rings. The molecule has 3 rings (SSSR count). The van der Waals surface area contributed by atoms with Crippen LogP contribution in [0.15, 0.2) is 71.6 Å². The molecule has 1 N–H and O–H groups in total. The summed E-state index contributed by atoms with van der Waals surface area (Å²) < 4.78 is 40.1. The number of nitrogens with zero attached hydrogens (tertiary/aromatic N) is 2. The lowest BCUT2D eigenvalue weighted by Gasteiger charge is -2.34. The molecule has 232 valence electrons. The Morgan fingerprint density at radius 2 is 1.60 bits per heavy atom. The molecule has 43 heavy (non-hydrogen) atoms. The predicted octanol–water partition coefficient (Wildman–Crippen LogP) is 5.93. The molecule has 0 unspecified atom stereocenters. The number of methoxy groups -OCH3 is 2. The molecule has 12 heteroatoms. The van der Waals surface area contributed by atoms with Gasteiger partial charge in [0.1, 0.15) is 24.1 Å². The number of carbonyl (C=O) groups excluding carboxylic acids is 2. The number of halogens is 2. The lowest BCUT2D eigenvalue weighted by atomic mass is 10.1. The van der Waals surface area contributed by atoms with E-state index in [2.05, 4.69) is 5.32 Å². The zero-order chi connectivity index (χ0) is 31.7. The minimum Gasteiger partial charge on any atom is -0.497 e. The zero-order valence-corrected chi connectivity index (χ0v) is 27.2. The summed E-state index contributed by atoms with van der Waals surface area (Å²) in [4.78, 5) is 29.1. The van der Waals surface area contributed by atoms with Crippen molar-refractivity contribution in [2.24, 2.45) is 0 Å². The fourth-order valence-corrected chi connectivity index (χ4v) is 6.18. The van der Waals surface area contributed by atoms with E-state index in [9.17, 15) is 18.0 Å². The Balaban J connectivity index is 2.15. The minimum absolute atomic E-state index is 0.0172. The van der Waals surface area contributed by atoms with Crippen LogP contribution in [0.25, 0.3) is 0 Å². The Kier molecular flexibility index (Phi) is 12.1. The van der Waals surface area contributed by atoms with E-state index in [-0.39, 0.29) is 46.3 Å². The highest BCUT2D eigenvalue weighted by Gasteiger charge is 2.35. The monoisotopic (exact) mass is 649 g/mol.